The van der Waals surface area contributed by atoms with Crippen LogP contribution in [0.25, 0.3) is 22.2 Å². The lowest BCUT2D eigenvalue weighted by Gasteiger charge is -1.95. The number of aromatic nitrogens is 3. The molecule has 108 valence electrons. The van der Waals surface area contributed by atoms with Gasteiger partial charge in [0.25, 0.3) is 5.89 Å². The maximum absolute atomic E-state index is 5.80. The number of nitrogens with zero attached hydrogens (tertiary/aromatic N) is 3. The summed E-state index contributed by atoms with van der Waals surface area (Å²) in [5.41, 5.74) is 8.86. The minimum atomic E-state index is 0.489. The van der Waals surface area contributed by atoms with Crippen LogP contribution in [0.4, 0.5) is 5.13 Å². The van der Waals surface area contributed by atoms with E-state index in [1.807, 2.05) is 31.2 Å². The van der Waals surface area contributed by atoms with Crippen LogP contribution < -0.4 is 5.73 Å². The van der Waals surface area contributed by atoms with E-state index in [9.17, 15) is 0 Å². The van der Waals surface area contributed by atoms with Crippen molar-refractivity contribution < 1.29 is 4.52 Å². The molecule has 0 saturated heterocycles. The number of hydrogen-bond donors (Lipinski definition) is 1. The van der Waals surface area contributed by atoms with E-state index in [2.05, 4.69) is 22.0 Å². The van der Waals surface area contributed by atoms with Gasteiger partial charge in [-0.1, -0.05) is 59.7 Å². The van der Waals surface area contributed by atoms with Crippen LogP contribution in [0.3, 0.4) is 0 Å². The summed E-state index contributed by atoms with van der Waals surface area (Å²) in [5, 5.41) is 4.59. The molecular weight excluding hydrogens is 284 g/mol. The van der Waals surface area contributed by atoms with Crippen molar-refractivity contribution in [3.63, 3.8) is 0 Å². The zero-order valence-electron chi connectivity index (χ0n) is 12.0. The van der Waals surface area contributed by atoms with Crippen molar-refractivity contribution in [2.24, 2.45) is 0 Å². The number of nitrogen functional groups attached to an aromatic ring is 1. The summed E-state index contributed by atoms with van der Waals surface area (Å²) in [6.07, 6.45) is 1.85. The van der Waals surface area contributed by atoms with Gasteiger partial charge in [-0.05, 0) is 13.3 Å². The third kappa shape index (κ3) is 2.80. The molecule has 0 atom stereocenters. The van der Waals surface area contributed by atoms with E-state index in [-0.39, 0.29) is 0 Å². The molecule has 0 saturated carbocycles. The Bertz CT molecular complexity index is 745. The molecule has 0 fully saturated rings. The Morgan fingerprint density at radius 2 is 1.95 bits per heavy atom. The molecule has 0 unspecified atom stereocenters. The monoisotopic (exact) mass is 300 g/mol. The number of hydrogen-bond acceptors (Lipinski definition) is 6. The van der Waals surface area contributed by atoms with Gasteiger partial charge in [0.05, 0.1) is 5.69 Å². The second-order valence-corrected chi connectivity index (χ2v) is 5.90. The summed E-state index contributed by atoms with van der Waals surface area (Å²) in [7, 11) is 0. The molecule has 6 heteroatoms. The van der Waals surface area contributed by atoms with Crippen molar-refractivity contribution in [2.75, 3.05) is 5.73 Å². The molecule has 0 spiro atoms. The summed E-state index contributed by atoms with van der Waals surface area (Å²) in [6.45, 7) is 4.15. The van der Waals surface area contributed by atoms with E-state index in [0.29, 0.717) is 16.8 Å². The van der Waals surface area contributed by atoms with E-state index in [1.54, 1.807) is 0 Å². The predicted molar refractivity (Wildman–Crippen MR) is 84.0 cm³/mol. The van der Waals surface area contributed by atoms with Crippen molar-refractivity contribution in [1.82, 2.24) is 15.1 Å². The van der Waals surface area contributed by atoms with Gasteiger partial charge in [0, 0.05) is 5.56 Å². The van der Waals surface area contributed by atoms with Crippen LogP contribution in [0, 0.1) is 6.92 Å². The Balaban J connectivity index is 1.96. The second kappa shape index (κ2) is 5.65. The third-order valence-corrected chi connectivity index (χ3v) is 4.05. The topological polar surface area (TPSA) is 77.8 Å². The van der Waals surface area contributed by atoms with Crippen LogP contribution in [0.15, 0.2) is 28.8 Å². The summed E-state index contributed by atoms with van der Waals surface area (Å²) < 4.78 is 5.39. The molecule has 1 aromatic carbocycles. The Morgan fingerprint density at radius 1 is 1.19 bits per heavy atom. The highest BCUT2D eigenvalue weighted by molar-refractivity contribution is 7.18. The Labute approximate surface area is 126 Å². The standard InChI is InChI=1S/C15H16N4OS/c1-3-4-11-12(21-15(16)17-11)14-18-13(19-20-14)10-7-5-9(2)6-8-10/h5-8H,3-4H2,1-2H3,(H2,16,17). The predicted octanol–water partition coefficient (Wildman–Crippen LogP) is 3.70. The van der Waals surface area contributed by atoms with Crippen LogP contribution in [-0.2, 0) is 6.42 Å². The van der Waals surface area contributed by atoms with E-state index in [4.69, 9.17) is 10.3 Å². The van der Waals surface area contributed by atoms with Gasteiger partial charge in [0.2, 0.25) is 5.82 Å². The van der Waals surface area contributed by atoms with Gasteiger partial charge in [0.15, 0.2) is 5.13 Å². The van der Waals surface area contributed by atoms with Crippen LogP contribution in [0.2, 0.25) is 0 Å². The minimum absolute atomic E-state index is 0.489. The van der Waals surface area contributed by atoms with Crippen LogP contribution in [-0.4, -0.2) is 15.1 Å². The molecule has 2 N–H and O–H groups in total. The summed E-state index contributed by atoms with van der Waals surface area (Å²) in [4.78, 5) is 9.69. The molecule has 0 aliphatic rings. The zero-order chi connectivity index (χ0) is 14.8. The SMILES string of the molecule is CCCc1nc(N)sc1-c1nc(-c2ccc(C)cc2)no1. The number of rotatable bonds is 4. The fourth-order valence-corrected chi connectivity index (χ4v) is 2.88. The van der Waals surface area contributed by atoms with Crippen molar-refractivity contribution in [3.05, 3.63) is 35.5 Å². The van der Waals surface area contributed by atoms with E-state index < -0.39 is 0 Å². The lowest BCUT2D eigenvalue weighted by molar-refractivity contribution is 0.432. The first-order chi connectivity index (χ1) is 10.2. The van der Waals surface area contributed by atoms with E-state index in [1.165, 1.54) is 16.9 Å². The second-order valence-electron chi connectivity index (χ2n) is 4.87. The van der Waals surface area contributed by atoms with Gasteiger partial charge >= 0.3 is 0 Å². The van der Waals surface area contributed by atoms with E-state index >= 15 is 0 Å². The average Bonchev–Trinajstić information content (AvgIpc) is 3.07. The van der Waals surface area contributed by atoms with Gasteiger partial charge in [0.1, 0.15) is 4.88 Å². The average molecular weight is 300 g/mol. The molecule has 3 rings (SSSR count). The number of thiazole rings is 1. The summed E-state index contributed by atoms with van der Waals surface area (Å²) in [5.74, 6) is 1.07. The minimum Gasteiger partial charge on any atom is -0.375 e. The molecule has 0 aliphatic carbocycles. The Hall–Kier alpha value is -2.21. The molecule has 2 aromatic heterocycles. The third-order valence-electron chi connectivity index (χ3n) is 3.13. The lowest BCUT2D eigenvalue weighted by atomic mass is 10.1. The smallest absolute Gasteiger partial charge is 0.270 e. The van der Waals surface area contributed by atoms with Crippen molar-refractivity contribution in [1.29, 1.82) is 0 Å². The van der Waals surface area contributed by atoms with Crippen LogP contribution in [0.1, 0.15) is 24.6 Å². The van der Waals surface area contributed by atoms with Gasteiger partial charge in [-0.15, -0.1) is 0 Å². The highest BCUT2D eigenvalue weighted by Crippen LogP contribution is 2.32. The first-order valence-electron chi connectivity index (χ1n) is 6.83. The number of benzene rings is 1. The van der Waals surface area contributed by atoms with Gasteiger partial charge in [-0.2, -0.15) is 4.98 Å². The molecule has 3 aromatic rings. The number of anilines is 1. The maximum Gasteiger partial charge on any atom is 0.270 e. The molecular formula is C15H16N4OS. The first-order valence-corrected chi connectivity index (χ1v) is 7.65. The van der Waals surface area contributed by atoms with Gasteiger partial charge in [-0.3, -0.25) is 0 Å². The molecule has 0 bridgehead atoms. The fourth-order valence-electron chi connectivity index (χ4n) is 2.08. The largest absolute Gasteiger partial charge is 0.375 e. The maximum atomic E-state index is 5.80. The molecule has 0 amide bonds. The normalized spacial score (nSPS) is 11.0. The highest BCUT2D eigenvalue weighted by Gasteiger charge is 2.18. The summed E-state index contributed by atoms with van der Waals surface area (Å²) in [6, 6.07) is 8.02. The lowest BCUT2D eigenvalue weighted by Crippen LogP contribution is -1.88. The molecule has 2 heterocycles. The first kappa shape index (κ1) is 13.8. The highest BCUT2D eigenvalue weighted by atomic mass is 32.1. The van der Waals surface area contributed by atoms with Gasteiger partial charge < -0.3 is 10.3 Å². The fraction of sp³-hybridized carbons (Fsp3) is 0.267. The molecule has 5 nitrogen and oxygen atoms in total. The zero-order valence-corrected chi connectivity index (χ0v) is 12.8. The molecule has 0 aliphatic heterocycles. The van der Waals surface area contributed by atoms with Gasteiger partial charge in [-0.25, -0.2) is 4.98 Å². The number of nitrogens with two attached hydrogens (primary N) is 1. The van der Waals surface area contributed by atoms with Crippen molar-refractivity contribution >= 4 is 16.5 Å². The molecule has 21 heavy (non-hydrogen) atoms. The number of aryl methyl sites for hydroxylation is 2. The van der Waals surface area contributed by atoms with Crippen molar-refractivity contribution in [3.8, 4) is 22.2 Å². The van der Waals surface area contributed by atoms with Crippen molar-refractivity contribution in [2.45, 2.75) is 26.7 Å². The quantitative estimate of drug-likeness (QED) is 0.794. The van der Waals surface area contributed by atoms with Crippen LogP contribution in [0.5, 0.6) is 0 Å². The Morgan fingerprint density at radius 3 is 2.67 bits per heavy atom. The molecule has 0 radical (unpaired) electrons. The van der Waals surface area contributed by atoms with Crippen LogP contribution >= 0.6 is 11.3 Å². The Kier molecular flexibility index (Phi) is 3.70. The van der Waals surface area contributed by atoms with E-state index in [0.717, 1.165) is 29.0 Å². The summed E-state index contributed by atoms with van der Waals surface area (Å²) >= 11 is 1.39.